The fourth-order valence-corrected chi connectivity index (χ4v) is 3.79. The zero-order valence-corrected chi connectivity index (χ0v) is 15.5. The van der Waals surface area contributed by atoms with E-state index in [9.17, 15) is 13.2 Å². The number of hydrogen-bond donors (Lipinski definition) is 1. The minimum atomic E-state index is -2.87. The zero-order chi connectivity index (χ0) is 18.3. The summed E-state index contributed by atoms with van der Waals surface area (Å²) in [6, 6.07) is 7.51. The maximum Gasteiger partial charge on any atom is 0.248 e. The van der Waals surface area contributed by atoms with Gasteiger partial charge < -0.3 is 14.8 Å². The number of sulfone groups is 1. The maximum absolute atomic E-state index is 12.1. The highest BCUT2D eigenvalue weighted by Crippen LogP contribution is 2.13. The number of methoxy groups -OCH3 is 1. The highest BCUT2D eigenvalue weighted by atomic mass is 32.2. The average Bonchev–Trinajstić information content (AvgIpc) is 2.61. The molecule has 0 aromatic heterocycles. The number of amides is 1. The van der Waals surface area contributed by atoms with Gasteiger partial charge in [-0.15, -0.1) is 0 Å². The van der Waals surface area contributed by atoms with Crippen molar-refractivity contribution < 1.29 is 22.7 Å². The van der Waals surface area contributed by atoms with E-state index in [0.717, 1.165) is 11.3 Å². The summed E-state index contributed by atoms with van der Waals surface area (Å²) in [5.41, 5.74) is 0.938. The number of carbonyl (C=O) groups excluding carboxylic acids is 1. The molecule has 1 aliphatic heterocycles. The lowest BCUT2D eigenvalue weighted by Crippen LogP contribution is -2.45. The van der Waals surface area contributed by atoms with Crippen LogP contribution >= 0.6 is 0 Å². The van der Waals surface area contributed by atoms with Crippen molar-refractivity contribution in [3.05, 3.63) is 29.8 Å². The Morgan fingerprint density at radius 2 is 2.04 bits per heavy atom. The van der Waals surface area contributed by atoms with Crippen molar-refractivity contribution in [1.82, 2.24) is 10.2 Å². The fraction of sp³-hybridized carbons (Fsp3) is 0.588. The van der Waals surface area contributed by atoms with Gasteiger partial charge in [-0.05, 0) is 24.6 Å². The summed E-state index contributed by atoms with van der Waals surface area (Å²) in [5.74, 6) is 0.969. The van der Waals surface area contributed by atoms with Crippen LogP contribution in [0.2, 0.25) is 0 Å². The van der Waals surface area contributed by atoms with Crippen molar-refractivity contribution in [3.63, 3.8) is 0 Å². The van der Waals surface area contributed by atoms with E-state index in [4.69, 9.17) is 9.47 Å². The van der Waals surface area contributed by atoms with Gasteiger partial charge in [-0.1, -0.05) is 12.1 Å². The van der Waals surface area contributed by atoms with Crippen molar-refractivity contribution in [2.75, 3.05) is 44.8 Å². The van der Waals surface area contributed by atoms with Crippen LogP contribution in [-0.4, -0.2) is 70.1 Å². The highest BCUT2D eigenvalue weighted by Gasteiger charge is 2.21. The predicted molar refractivity (Wildman–Crippen MR) is 95.3 cm³/mol. The minimum Gasteiger partial charge on any atom is -0.497 e. The molecule has 0 radical (unpaired) electrons. The van der Waals surface area contributed by atoms with Crippen LogP contribution in [0.3, 0.4) is 0 Å². The molecule has 8 heteroatoms. The molecule has 1 amide bonds. The van der Waals surface area contributed by atoms with Crippen LogP contribution in [0.15, 0.2) is 24.3 Å². The topological polar surface area (TPSA) is 84.9 Å². The molecular weight excluding hydrogens is 344 g/mol. The van der Waals surface area contributed by atoms with Crippen LogP contribution < -0.4 is 10.1 Å². The number of carbonyl (C=O) groups is 1. The molecule has 0 bridgehead atoms. The Labute approximate surface area is 149 Å². The summed E-state index contributed by atoms with van der Waals surface area (Å²) < 4.78 is 33.5. The highest BCUT2D eigenvalue weighted by molar-refractivity contribution is 7.91. The van der Waals surface area contributed by atoms with Crippen molar-refractivity contribution in [3.8, 4) is 5.75 Å². The first kappa shape index (κ1) is 19.7. The molecule has 1 unspecified atom stereocenters. The molecule has 7 nitrogen and oxygen atoms in total. The molecule has 0 aliphatic carbocycles. The maximum atomic E-state index is 12.1. The van der Waals surface area contributed by atoms with Crippen LogP contribution in [0, 0.1) is 0 Å². The zero-order valence-electron chi connectivity index (χ0n) is 14.7. The minimum absolute atomic E-state index is 0.174. The van der Waals surface area contributed by atoms with Gasteiger partial charge in [-0.2, -0.15) is 0 Å². The third-order valence-electron chi connectivity index (χ3n) is 4.17. The molecule has 1 saturated heterocycles. The molecule has 1 aromatic rings. The van der Waals surface area contributed by atoms with E-state index in [1.807, 2.05) is 29.2 Å². The molecule has 2 rings (SSSR count). The molecule has 1 fully saturated rings. The quantitative estimate of drug-likeness (QED) is 0.715. The van der Waals surface area contributed by atoms with Gasteiger partial charge in [0, 0.05) is 26.2 Å². The van der Waals surface area contributed by atoms with Gasteiger partial charge in [0.05, 0.1) is 25.2 Å². The second-order valence-electron chi connectivity index (χ2n) is 6.09. The summed E-state index contributed by atoms with van der Waals surface area (Å²) >= 11 is 0. The van der Waals surface area contributed by atoms with E-state index >= 15 is 0 Å². The van der Waals surface area contributed by atoms with Gasteiger partial charge in [-0.3, -0.25) is 9.69 Å². The second kappa shape index (κ2) is 9.17. The monoisotopic (exact) mass is 370 g/mol. The van der Waals surface area contributed by atoms with Crippen LogP contribution in [0.25, 0.3) is 0 Å². The van der Waals surface area contributed by atoms with Crippen molar-refractivity contribution >= 4 is 15.7 Å². The van der Waals surface area contributed by atoms with Gasteiger partial charge in [-0.25, -0.2) is 8.42 Å². The van der Waals surface area contributed by atoms with Gasteiger partial charge in [0.25, 0.3) is 0 Å². The smallest absolute Gasteiger partial charge is 0.248 e. The molecule has 1 atom stereocenters. The lowest BCUT2D eigenvalue weighted by Gasteiger charge is -2.26. The summed E-state index contributed by atoms with van der Waals surface area (Å²) in [6.45, 7) is 4.22. The van der Waals surface area contributed by atoms with Crippen LogP contribution in [0.4, 0.5) is 0 Å². The number of rotatable bonds is 8. The Kier molecular flexibility index (Phi) is 7.22. The van der Waals surface area contributed by atoms with Gasteiger partial charge >= 0.3 is 0 Å². The molecule has 25 heavy (non-hydrogen) atoms. The Hall–Kier alpha value is -1.64. The normalized spacial score (nSPS) is 18.5. The number of nitrogens with zero attached hydrogens (tertiary/aromatic N) is 1. The molecule has 1 aliphatic rings. The predicted octanol–water partition coefficient (Wildman–Crippen LogP) is 0.447. The van der Waals surface area contributed by atoms with Gasteiger partial charge in [0.15, 0.2) is 9.84 Å². The van der Waals surface area contributed by atoms with Crippen LogP contribution in [0.1, 0.15) is 12.5 Å². The lowest BCUT2D eigenvalue weighted by molar-refractivity contribution is -0.132. The van der Waals surface area contributed by atoms with Crippen LogP contribution in [-0.2, 0) is 26.0 Å². The first-order valence-corrected chi connectivity index (χ1v) is 10.2. The molecule has 1 aromatic carbocycles. The Balaban J connectivity index is 1.66. The first-order chi connectivity index (χ1) is 11.9. The Bertz CT molecular complexity index is 663. The summed E-state index contributed by atoms with van der Waals surface area (Å²) in [6.07, 6.45) is -0.562. The average molecular weight is 370 g/mol. The third-order valence-corrected chi connectivity index (χ3v) is 5.78. The summed E-state index contributed by atoms with van der Waals surface area (Å²) in [5, 5.41) is 2.83. The largest absolute Gasteiger partial charge is 0.497 e. The molecule has 0 spiro atoms. The van der Waals surface area contributed by atoms with E-state index in [2.05, 4.69) is 5.32 Å². The van der Waals surface area contributed by atoms with E-state index in [1.165, 1.54) is 0 Å². The number of nitrogens with one attached hydrogen (secondary N) is 1. The van der Waals surface area contributed by atoms with Gasteiger partial charge in [0.1, 0.15) is 11.9 Å². The Morgan fingerprint density at radius 3 is 2.72 bits per heavy atom. The first-order valence-electron chi connectivity index (χ1n) is 8.34. The van der Waals surface area contributed by atoms with E-state index in [1.54, 1.807) is 14.0 Å². The molecule has 1 N–H and O–H groups in total. The number of hydrogen-bond acceptors (Lipinski definition) is 6. The molecular formula is C17H26N2O5S. The van der Waals surface area contributed by atoms with E-state index < -0.39 is 15.9 Å². The lowest BCUT2D eigenvalue weighted by atomic mass is 10.2. The number of ether oxygens (including phenoxy) is 2. The Morgan fingerprint density at radius 1 is 1.32 bits per heavy atom. The standard InChI is InChI=1S/C17H26N2O5S/c1-14(24-13-15-4-3-5-16(12-15)23-2)17(20)18-6-7-19-8-10-25(21,22)11-9-19/h3-5,12,14H,6-11,13H2,1-2H3,(H,18,20). The molecule has 0 saturated carbocycles. The second-order valence-corrected chi connectivity index (χ2v) is 8.39. The summed E-state index contributed by atoms with van der Waals surface area (Å²) in [7, 11) is -1.26. The fourth-order valence-electron chi connectivity index (χ4n) is 2.51. The number of benzene rings is 1. The third kappa shape index (κ3) is 6.64. The van der Waals surface area contributed by atoms with Crippen molar-refractivity contribution in [2.24, 2.45) is 0 Å². The van der Waals surface area contributed by atoms with Crippen LogP contribution in [0.5, 0.6) is 5.75 Å². The van der Waals surface area contributed by atoms with E-state index in [0.29, 0.717) is 32.8 Å². The van der Waals surface area contributed by atoms with Gasteiger partial charge in [0.2, 0.25) is 5.91 Å². The summed E-state index contributed by atoms with van der Waals surface area (Å²) in [4.78, 5) is 14.1. The van der Waals surface area contributed by atoms with Crippen molar-refractivity contribution in [1.29, 1.82) is 0 Å². The van der Waals surface area contributed by atoms with E-state index in [-0.39, 0.29) is 17.4 Å². The molecule has 1 heterocycles. The SMILES string of the molecule is COc1cccc(COC(C)C(=O)NCCN2CCS(=O)(=O)CC2)c1. The van der Waals surface area contributed by atoms with Crippen molar-refractivity contribution in [2.45, 2.75) is 19.6 Å². The molecule has 140 valence electrons.